The highest BCUT2D eigenvalue weighted by atomic mass is 16.5. The Morgan fingerprint density at radius 3 is 2.54 bits per heavy atom. The van der Waals surface area contributed by atoms with Crippen LogP contribution in [0.3, 0.4) is 0 Å². The molecule has 0 aliphatic heterocycles. The molecule has 0 aliphatic rings. The smallest absolute Gasteiger partial charge is 0.259 e. The van der Waals surface area contributed by atoms with Crippen molar-refractivity contribution in [3.05, 3.63) is 64.6 Å². The Balaban J connectivity index is 2.52. The zero-order valence-electron chi connectivity index (χ0n) is 13.2. The highest BCUT2D eigenvalue weighted by molar-refractivity contribution is 5.99. The fourth-order valence-electron chi connectivity index (χ4n) is 2.88. The molecule has 0 amide bonds. The largest absolute Gasteiger partial charge is 0.497 e. The van der Waals surface area contributed by atoms with E-state index in [1.165, 1.54) is 4.57 Å². The van der Waals surface area contributed by atoms with Crippen LogP contribution in [0.4, 0.5) is 0 Å². The third-order valence-corrected chi connectivity index (χ3v) is 3.97. The van der Waals surface area contributed by atoms with Gasteiger partial charge in [-0.1, -0.05) is 30.3 Å². The van der Waals surface area contributed by atoms with Gasteiger partial charge in [-0.25, -0.2) is 0 Å². The van der Waals surface area contributed by atoms with E-state index in [9.17, 15) is 15.2 Å². The van der Waals surface area contributed by atoms with Gasteiger partial charge in [-0.2, -0.15) is 5.26 Å². The van der Waals surface area contributed by atoms with Gasteiger partial charge in [0.05, 0.1) is 20.3 Å². The fourth-order valence-corrected chi connectivity index (χ4v) is 2.88. The minimum atomic E-state index is -0.294. The van der Waals surface area contributed by atoms with Crippen molar-refractivity contribution in [3.8, 4) is 22.9 Å². The van der Waals surface area contributed by atoms with Crippen LogP contribution in [0.5, 0.6) is 5.75 Å². The maximum absolute atomic E-state index is 12.7. The Labute approximate surface area is 139 Å². The third-order valence-electron chi connectivity index (χ3n) is 3.97. The first kappa shape index (κ1) is 15.8. The Morgan fingerprint density at radius 1 is 1.17 bits per heavy atom. The molecule has 0 radical (unpaired) electrons. The predicted octanol–water partition coefficient (Wildman–Crippen LogP) is 2.54. The van der Waals surface area contributed by atoms with Gasteiger partial charge in [-0.3, -0.25) is 9.36 Å². The molecule has 0 spiro atoms. The molecule has 2 aromatic carbocycles. The second kappa shape index (κ2) is 6.57. The topological polar surface area (TPSA) is 75.2 Å². The summed E-state index contributed by atoms with van der Waals surface area (Å²) in [6.45, 7) is -0.145. The maximum atomic E-state index is 12.7. The summed E-state index contributed by atoms with van der Waals surface area (Å²) in [5.41, 5.74) is 1.44. The van der Waals surface area contributed by atoms with E-state index in [-0.39, 0.29) is 24.4 Å². The first-order chi connectivity index (χ1) is 11.7. The zero-order valence-corrected chi connectivity index (χ0v) is 13.2. The second-order valence-electron chi connectivity index (χ2n) is 5.29. The van der Waals surface area contributed by atoms with Crippen LogP contribution < -0.4 is 10.3 Å². The van der Waals surface area contributed by atoms with Gasteiger partial charge in [0.15, 0.2) is 0 Å². The van der Waals surface area contributed by atoms with Crippen LogP contribution in [0.15, 0.2) is 53.3 Å². The van der Waals surface area contributed by atoms with Crippen molar-refractivity contribution in [3.63, 3.8) is 0 Å². The molecule has 5 nitrogen and oxygen atoms in total. The Bertz CT molecular complexity index is 985. The van der Waals surface area contributed by atoms with Crippen molar-refractivity contribution in [1.29, 1.82) is 5.26 Å². The monoisotopic (exact) mass is 320 g/mol. The number of hydrogen-bond donors (Lipinski definition) is 1. The van der Waals surface area contributed by atoms with Crippen molar-refractivity contribution in [2.45, 2.75) is 6.54 Å². The van der Waals surface area contributed by atoms with E-state index >= 15 is 0 Å². The van der Waals surface area contributed by atoms with Crippen molar-refractivity contribution >= 4 is 10.8 Å². The average Bonchev–Trinajstić information content (AvgIpc) is 2.64. The molecule has 24 heavy (non-hydrogen) atoms. The number of rotatable bonds is 4. The molecule has 120 valence electrons. The number of aliphatic hydroxyl groups excluding tert-OH is 1. The third kappa shape index (κ3) is 2.53. The van der Waals surface area contributed by atoms with E-state index in [2.05, 4.69) is 6.07 Å². The van der Waals surface area contributed by atoms with Gasteiger partial charge in [0.1, 0.15) is 17.5 Å². The lowest BCUT2D eigenvalue weighted by Crippen LogP contribution is -2.25. The summed E-state index contributed by atoms with van der Waals surface area (Å²) in [7, 11) is 1.56. The van der Waals surface area contributed by atoms with Gasteiger partial charge in [0, 0.05) is 16.3 Å². The van der Waals surface area contributed by atoms with Gasteiger partial charge < -0.3 is 9.84 Å². The van der Waals surface area contributed by atoms with Crippen molar-refractivity contribution in [2.24, 2.45) is 0 Å². The number of nitrogens with zero attached hydrogens (tertiary/aromatic N) is 2. The molecule has 0 bridgehead atoms. The number of benzene rings is 2. The molecule has 0 saturated carbocycles. The second-order valence-corrected chi connectivity index (χ2v) is 5.29. The molecular formula is C19H16N2O3. The first-order valence-electron chi connectivity index (χ1n) is 7.52. The Hall–Kier alpha value is -3.10. The van der Waals surface area contributed by atoms with Crippen LogP contribution in [0.1, 0.15) is 5.69 Å². The molecule has 1 N–H and O–H groups in total. The standard InChI is InChI=1S/C19H16N2O3/c1-24-14-7-8-15-16(11-14)18(13-5-3-2-4-6-13)17(12-20)21(9-10-22)19(15)23/h2-8,11,22H,9-10H2,1H3. The molecule has 0 saturated heterocycles. The molecule has 3 rings (SSSR count). The van der Waals surface area contributed by atoms with Gasteiger partial charge in [-0.05, 0) is 23.8 Å². The van der Waals surface area contributed by atoms with Crippen LogP contribution in [0, 0.1) is 11.3 Å². The maximum Gasteiger partial charge on any atom is 0.259 e. The number of nitriles is 1. The van der Waals surface area contributed by atoms with Gasteiger partial charge in [0.25, 0.3) is 5.56 Å². The number of ether oxygens (including phenoxy) is 1. The van der Waals surface area contributed by atoms with Crippen LogP contribution in [0.25, 0.3) is 21.9 Å². The van der Waals surface area contributed by atoms with E-state index in [4.69, 9.17) is 4.74 Å². The van der Waals surface area contributed by atoms with E-state index in [1.807, 2.05) is 30.3 Å². The van der Waals surface area contributed by atoms with Crippen molar-refractivity contribution in [2.75, 3.05) is 13.7 Å². The number of fused-ring (bicyclic) bond motifs is 1. The average molecular weight is 320 g/mol. The van der Waals surface area contributed by atoms with Crippen LogP contribution in [-0.2, 0) is 6.54 Å². The van der Waals surface area contributed by atoms with Crippen molar-refractivity contribution < 1.29 is 9.84 Å². The SMILES string of the molecule is COc1ccc2c(=O)n(CCO)c(C#N)c(-c3ccccc3)c2c1. The highest BCUT2D eigenvalue weighted by Crippen LogP contribution is 2.32. The van der Waals surface area contributed by atoms with Crippen LogP contribution in [0.2, 0.25) is 0 Å². The molecule has 0 fully saturated rings. The number of methoxy groups -OCH3 is 1. The summed E-state index contributed by atoms with van der Waals surface area (Å²) in [4.78, 5) is 12.7. The van der Waals surface area contributed by atoms with Crippen LogP contribution >= 0.6 is 0 Å². The molecule has 1 heterocycles. The van der Waals surface area contributed by atoms with Crippen molar-refractivity contribution in [1.82, 2.24) is 4.57 Å². The summed E-state index contributed by atoms with van der Waals surface area (Å²) >= 11 is 0. The molecular weight excluding hydrogens is 304 g/mol. The van der Waals surface area contributed by atoms with E-state index in [0.29, 0.717) is 22.1 Å². The predicted molar refractivity (Wildman–Crippen MR) is 92.0 cm³/mol. The lowest BCUT2D eigenvalue weighted by Gasteiger charge is -2.16. The molecule has 0 unspecified atom stereocenters. The number of aromatic nitrogens is 1. The highest BCUT2D eigenvalue weighted by Gasteiger charge is 2.18. The lowest BCUT2D eigenvalue weighted by atomic mass is 9.97. The minimum Gasteiger partial charge on any atom is -0.497 e. The molecule has 0 aliphatic carbocycles. The number of pyridine rings is 1. The summed E-state index contributed by atoms with van der Waals surface area (Å²) < 4.78 is 6.60. The molecule has 5 heteroatoms. The first-order valence-corrected chi connectivity index (χ1v) is 7.52. The summed E-state index contributed by atoms with van der Waals surface area (Å²) in [6, 6.07) is 16.7. The minimum absolute atomic E-state index is 0.0729. The number of aliphatic hydroxyl groups is 1. The summed E-state index contributed by atoms with van der Waals surface area (Å²) in [5.74, 6) is 0.614. The number of hydrogen-bond acceptors (Lipinski definition) is 4. The lowest BCUT2D eigenvalue weighted by molar-refractivity contribution is 0.274. The molecule has 1 aromatic heterocycles. The molecule has 3 aromatic rings. The molecule has 0 atom stereocenters. The Morgan fingerprint density at radius 2 is 1.92 bits per heavy atom. The summed E-state index contributed by atoms with van der Waals surface area (Å²) in [6.07, 6.45) is 0. The Kier molecular flexibility index (Phi) is 4.32. The van der Waals surface area contributed by atoms with Gasteiger partial charge in [0.2, 0.25) is 0 Å². The fraction of sp³-hybridized carbons (Fsp3) is 0.158. The van der Waals surface area contributed by atoms with Crippen LogP contribution in [-0.4, -0.2) is 23.4 Å². The quantitative estimate of drug-likeness (QED) is 0.801. The summed E-state index contributed by atoms with van der Waals surface area (Å²) in [5, 5.41) is 20.1. The van der Waals surface area contributed by atoms with E-state index < -0.39 is 0 Å². The van der Waals surface area contributed by atoms with Gasteiger partial charge >= 0.3 is 0 Å². The zero-order chi connectivity index (χ0) is 17.1. The van der Waals surface area contributed by atoms with E-state index in [1.54, 1.807) is 25.3 Å². The van der Waals surface area contributed by atoms with E-state index in [0.717, 1.165) is 5.56 Å². The van der Waals surface area contributed by atoms with Gasteiger partial charge in [-0.15, -0.1) is 0 Å². The normalized spacial score (nSPS) is 10.5.